The van der Waals surface area contributed by atoms with Gasteiger partial charge in [0.05, 0.1) is 12.7 Å². The highest BCUT2D eigenvalue weighted by atomic mass is 16.5. The molecule has 16 heavy (non-hydrogen) atoms. The standard InChI is InChI=1S/C13H27NO2/c1-3-14(10-13(15)11-16-4-2)12-8-6-5-7-9-12/h12-13,15H,3-11H2,1-2H3. The van der Waals surface area contributed by atoms with Crippen LogP contribution in [0.4, 0.5) is 0 Å². The van der Waals surface area contributed by atoms with Crippen LogP contribution in [-0.4, -0.2) is 48.5 Å². The summed E-state index contributed by atoms with van der Waals surface area (Å²) in [7, 11) is 0. The highest BCUT2D eigenvalue weighted by Gasteiger charge is 2.21. The minimum atomic E-state index is -0.332. The Balaban J connectivity index is 2.29. The summed E-state index contributed by atoms with van der Waals surface area (Å²) in [5.74, 6) is 0. The topological polar surface area (TPSA) is 32.7 Å². The Hall–Kier alpha value is -0.120. The molecule has 0 heterocycles. The summed E-state index contributed by atoms with van der Waals surface area (Å²) in [6.07, 6.45) is 6.35. The van der Waals surface area contributed by atoms with Gasteiger partial charge >= 0.3 is 0 Å². The quantitative estimate of drug-likeness (QED) is 0.725. The van der Waals surface area contributed by atoms with Crippen molar-refractivity contribution < 1.29 is 9.84 Å². The molecule has 0 aromatic rings. The Morgan fingerprint density at radius 3 is 2.50 bits per heavy atom. The molecule has 0 aliphatic heterocycles. The van der Waals surface area contributed by atoms with E-state index < -0.39 is 0 Å². The largest absolute Gasteiger partial charge is 0.389 e. The average molecular weight is 229 g/mol. The van der Waals surface area contributed by atoms with Crippen LogP contribution < -0.4 is 0 Å². The van der Waals surface area contributed by atoms with Crippen LogP contribution in [0, 0.1) is 0 Å². The zero-order chi connectivity index (χ0) is 11.8. The number of hydrogen-bond donors (Lipinski definition) is 1. The predicted octanol–water partition coefficient (Wildman–Crippen LogP) is 2.04. The number of nitrogens with zero attached hydrogens (tertiary/aromatic N) is 1. The van der Waals surface area contributed by atoms with Gasteiger partial charge in [0.1, 0.15) is 0 Å². The van der Waals surface area contributed by atoms with Gasteiger partial charge in [-0.3, -0.25) is 4.90 Å². The maximum Gasteiger partial charge on any atom is 0.0900 e. The molecule has 0 aromatic carbocycles. The SMILES string of the molecule is CCOCC(O)CN(CC)C1CCCCC1. The summed E-state index contributed by atoms with van der Waals surface area (Å²) < 4.78 is 5.25. The van der Waals surface area contributed by atoms with Crippen molar-refractivity contribution in [3.05, 3.63) is 0 Å². The van der Waals surface area contributed by atoms with Gasteiger partial charge in [0.15, 0.2) is 0 Å². The molecule has 3 heteroatoms. The van der Waals surface area contributed by atoms with Gasteiger partial charge in [0.25, 0.3) is 0 Å². The van der Waals surface area contributed by atoms with Crippen molar-refractivity contribution in [1.29, 1.82) is 0 Å². The molecule has 1 N–H and O–H groups in total. The Labute approximate surface area is 99.8 Å². The van der Waals surface area contributed by atoms with Gasteiger partial charge in [0.2, 0.25) is 0 Å². The summed E-state index contributed by atoms with van der Waals surface area (Å²) in [4.78, 5) is 2.42. The summed E-state index contributed by atoms with van der Waals surface area (Å²) in [6.45, 7) is 7.11. The molecule has 0 radical (unpaired) electrons. The maximum atomic E-state index is 9.85. The fourth-order valence-corrected chi connectivity index (χ4v) is 2.56. The highest BCUT2D eigenvalue weighted by Crippen LogP contribution is 2.22. The molecular weight excluding hydrogens is 202 g/mol. The summed E-state index contributed by atoms with van der Waals surface area (Å²) in [6, 6.07) is 0.690. The van der Waals surface area contributed by atoms with Crippen LogP contribution in [0.3, 0.4) is 0 Å². The minimum absolute atomic E-state index is 0.332. The van der Waals surface area contributed by atoms with Gasteiger partial charge < -0.3 is 9.84 Å². The van der Waals surface area contributed by atoms with Crippen LogP contribution >= 0.6 is 0 Å². The van der Waals surface area contributed by atoms with E-state index >= 15 is 0 Å². The number of hydrogen-bond acceptors (Lipinski definition) is 3. The zero-order valence-electron chi connectivity index (χ0n) is 10.8. The molecule has 96 valence electrons. The molecule has 1 rings (SSSR count). The molecule has 0 spiro atoms. The molecule has 0 saturated heterocycles. The Morgan fingerprint density at radius 1 is 1.25 bits per heavy atom. The number of aliphatic hydroxyl groups is 1. The third-order valence-corrected chi connectivity index (χ3v) is 3.46. The summed E-state index contributed by atoms with van der Waals surface area (Å²) in [5.41, 5.74) is 0. The van der Waals surface area contributed by atoms with Crippen LogP contribution in [0.2, 0.25) is 0 Å². The van der Waals surface area contributed by atoms with Gasteiger partial charge in [-0.05, 0) is 26.3 Å². The number of ether oxygens (including phenoxy) is 1. The molecule has 0 amide bonds. The van der Waals surface area contributed by atoms with E-state index in [-0.39, 0.29) is 6.10 Å². The summed E-state index contributed by atoms with van der Waals surface area (Å²) in [5, 5.41) is 9.85. The molecule has 0 bridgehead atoms. The van der Waals surface area contributed by atoms with Crippen LogP contribution in [0.1, 0.15) is 46.0 Å². The van der Waals surface area contributed by atoms with E-state index in [2.05, 4.69) is 11.8 Å². The van der Waals surface area contributed by atoms with Crippen molar-refractivity contribution in [3.63, 3.8) is 0 Å². The second-order valence-electron chi connectivity index (χ2n) is 4.69. The Morgan fingerprint density at radius 2 is 1.94 bits per heavy atom. The second kappa shape index (κ2) is 8.04. The van der Waals surface area contributed by atoms with E-state index in [1.807, 2.05) is 6.92 Å². The fraction of sp³-hybridized carbons (Fsp3) is 1.00. The van der Waals surface area contributed by atoms with Gasteiger partial charge in [0, 0.05) is 19.2 Å². The van der Waals surface area contributed by atoms with Gasteiger partial charge in [-0.1, -0.05) is 26.2 Å². The van der Waals surface area contributed by atoms with E-state index in [4.69, 9.17) is 4.74 Å². The second-order valence-corrected chi connectivity index (χ2v) is 4.69. The molecule has 1 aliphatic rings. The molecule has 1 fully saturated rings. The zero-order valence-corrected chi connectivity index (χ0v) is 10.8. The summed E-state index contributed by atoms with van der Waals surface area (Å²) >= 11 is 0. The van der Waals surface area contributed by atoms with Crippen molar-refractivity contribution >= 4 is 0 Å². The van der Waals surface area contributed by atoms with Gasteiger partial charge in [-0.2, -0.15) is 0 Å². The fourth-order valence-electron chi connectivity index (χ4n) is 2.56. The van der Waals surface area contributed by atoms with E-state index in [1.54, 1.807) is 0 Å². The van der Waals surface area contributed by atoms with Gasteiger partial charge in [-0.25, -0.2) is 0 Å². The van der Waals surface area contributed by atoms with Crippen LogP contribution in [-0.2, 0) is 4.74 Å². The first kappa shape index (κ1) is 13.9. The van der Waals surface area contributed by atoms with Crippen molar-refractivity contribution in [2.24, 2.45) is 0 Å². The third-order valence-electron chi connectivity index (χ3n) is 3.46. The van der Waals surface area contributed by atoms with Crippen molar-refractivity contribution in [3.8, 4) is 0 Å². The molecule has 3 nitrogen and oxygen atoms in total. The minimum Gasteiger partial charge on any atom is -0.389 e. The number of likely N-dealkylation sites (N-methyl/N-ethyl adjacent to an activating group) is 1. The van der Waals surface area contributed by atoms with E-state index in [0.717, 1.165) is 13.1 Å². The Bertz CT molecular complexity index is 169. The van der Waals surface area contributed by atoms with Crippen LogP contribution in [0.25, 0.3) is 0 Å². The number of rotatable bonds is 7. The highest BCUT2D eigenvalue weighted by molar-refractivity contribution is 4.76. The molecular formula is C13H27NO2. The monoisotopic (exact) mass is 229 g/mol. The van der Waals surface area contributed by atoms with Crippen molar-refractivity contribution in [2.45, 2.75) is 58.1 Å². The van der Waals surface area contributed by atoms with E-state index in [9.17, 15) is 5.11 Å². The third kappa shape index (κ3) is 4.81. The lowest BCUT2D eigenvalue weighted by Crippen LogP contribution is -2.42. The Kier molecular flexibility index (Phi) is 7.01. The first-order chi connectivity index (χ1) is 7.77. The lowest BCUT2D eigenvalue weighted by molar-refractivity contribution is 0.00953. The van der Waals surface area contributed by atoms with Gasteiger partial charge in [-0.15, -0.1) is 0 Å². The normalized spacial score (nSPS) is 20.2. The average Bonchev–Trinajstić information content (AvgIpc) is 2.34. The lowest BCUT2D eigenvalue weighted by atomic mass is 9.94. The van der Waals surface area contributed by atoms with Crippen LogP contribution in [0.15, 0.2) is 0 Å². The van der Waals surface area contributed by atoms with Crippen molar-refractivity contribution in [1.82, 2.24) is 4.90 Å². The molecule has 1 saturated carbocycles. The molecule has 1 atom stereocenters. The predicted molar refractivity (Wildman–Crippen MR) is 66.6 cm³/mol. The number of aliphatic hydroxyl groups excluding tert-OH is 1. The van der Waals surface area contributed by atoms with E-state index in [1.165, 1.54) is 32.1 Å². The molecule has 1 unspecified atom stereocenters. The lowest BCUT2D eigenvalue weighted by Gasteiger charge is -2.34. The van der Waals surface area contributed by atoms with Crippen molar-refractivity contribution in [2.75, 3.05) is 26.3 Å². The first-order valence-corrected chi connectivity index (χ1v) is 6.77. The van der Waals surface area contributed by atoms with E-state index in [0.29, 0.717) is 19.3 Å². The van der Waals surface area contributed by atoms with Crippen LogP contribution in [0.5, 0.6) is 0 Å². The first-order valence-electron chi connectivity index (χ1n) is 6.77. The smallest absolute Gasteiger partial charge is 0.0900 e. The molecule has 1 aliphatic carbocycles. The maximum absolute atomic E-state index is 9.85. The molecule has 0 aromatic heterocycles.